The highest BCUT2D eigenvalue weighted by molar-refractivity contribution is 5.48. The number of hydrogen-bond donors (Lipinski definition) is 0. The van der Waals surface area contributed by atoms with Gasteiger partial charge in [0.05, 0.1) is 4.92 Å². The fourth-order valence-electron chi connectivity index (χ4n) is 1.84. The minimum atomic E-state index is -0.464. The minimum Gasteiger partial charge on any atom is -0.482 e. The van der Waals surface area contributed by atoms with Gasteiger partial charge in [-0.05, 0) is 19.4 Å². The molecule has 0 atom stereocenters. The third-order valence-electron chi connectivity index (χ3n) is 2.73. The maximum atomic E-state index is 11.0. The van der Waals surface area contributed by atoms with Gasteiger partial charge in [-0.25, -0.2) is 0 Å². The fraction of sp³-hybridized carbons (Fsp3) is 0.214. The lowest BCUT2D eigenvalue weighted by molar-refractivity contribution is -0.386. The molecule has 0 bridgehead atoms. The van der Waals surface area contributed by atoms with Crippen molar-refractivity contribution in [2.24, 2.45) is 0 Å². The lowest BCUT2D eigenvalue weighted by atomic mass is 10.1. The van der Waals surface area contributed by atoms with Crippen molar-refractivity contribution in [3.05, 3.63) is 63.5 Å². The first-order valence-electron chi connectivity index (χ1n) is 5.86. The predicted octanol–water partition coefficient (Wildman–Crippen LogP) is 3.19. The molecule has 2 rings (SSSR count). The summed E-state index contributed by atoms with van der Waals surface area (Å²) in [5.74, 6) is 0.249. The molecular weight excluding hydrogens is 244 g/mol. The first kappa shape index (κ1) is 13.0. The molecule has 0 aliphatic heterocycles. The molecule has 0 unspecified atom stereocenters. The van der Waals surface area contributed by atoms with Crippen molar-refractivity contribution in [3.63, 3.8) is 0 Å². The van der Waals surface area contributed by atoms with Crippen LogP contribution in [0.15, 0.2) is 36.5 Å². The van der Waals surface area contributed by atoms with E-state index in [9.17, 15) is 10.1 Å². The Labute approximate surface area is 111 Å². The summed E-state index contributed by atoms with van der Waals surface area (Å²) in [7, 11) is 0. The molecule has 0 aliphatic rings. The number of rotatable bonds is 4. The van der Waals surface area contributed by atoms with Crippen LogP contribution in [0.3, 0.4) is 0 Å². The third kappa shape index (κ3) is 3.07. The standard InChI is InChI=1S/C14H14N2O3/c1-10-4-3-5-12(8-10)9-19-13-6-7-15-11(2)14(13)16(17)18/h3-8H,9H2,1-2H3. The van der Waals surface area contributed by atoms with Crippen LogP contribution in [-0.4, -0.2) is 9.91 Å². The quantitative estimate of drug-likeness (QED) is 0.624. The van der Waals surface area contributed by atoms with Crippen LogP contribution in [0.4, 0.5) is 5.69 Å². The number of benzene rings is 1. The molecule has 1 heterocycles. The van der Waals surface area contributed by atoms with Gasteiger partial charge in [-0.1, -0.05) is 29.8 Å². The van der Waals surface area contributed by atoms with E-state index in [1.165, 1.54) is 12.3 Å². The van der Waals surface area contributed by atoms with Crippen molar-refractivity contribution < 1.29 is 9.66 Å². The van der Waals surface area contributed by atoms with Gasteiger partial charge in [0.25, 0.3) is 0 Å². The summed E-state index contributed by atoms with van der Waals surface area (Å²) >= 11 is 0. The average Bonchev–Trinajstić information content (AvgIpc) is 2.36. The number of hydrogen-bond acceptors (Lipinski definition) is 4. The molecule has 0 saturated carbocycles. The average molecular weight is 258 g/mol. The second kappa shape index (κ2) is 5.48. The van der Waals surface area contributed by atoms with E-state index >= 15 is 0 Å². The Morgan fingerprint density at radius 2 is 2.11 bits per heavy atom. The number of pyridine rings is 1. The number of ether oxygens (including phenoxy) is 1. The van der Waals surface area contributed by atoms with E-state index in [1.807, 2.05) is 31.2 Å². The van der Waals surface area contributed by atoms with E-state index in [-0.39, 0.29) is 11.4 Å². The molecule has 0 saturated heterocycles. The summed E-state index contributed by atoms with van der Waals surface area (Å²) in [4.78, 5) is 14.4. The molecule has 0 aliphatic carbocycles. The summed E-state index contributed by atoms with van der Waals surface area (Å²) in [5, 5.41) is 11.0. The molecule has 1 aromatic carbocycles. The first-order valence-corrected chi connectivity index (χ1v) is 5.86. The lowest BCUT2D eigenvalue weighted by Crippen LogP contribution is -2.01. The monoisotopic (exact) mass is 258 g/mol. The van der Waals surface area contributed by atoms with E-state index in [0.29, 0.717) is 12.3 Å². The predicted molar refractivity (Wildman–Crippen MR) is 71.1 cm³/mol. The van der Waals surface area contributed by atoms with Crippen LogP contribution in [0, 0.1) is 24.0 Å². The van der Waals surface area contributed by atoms with E-state index in [4.69, 9.17) is 4.74 Å². The molecule has 0 spiro atoms. The van der Waals surface area contributed by atoms with Gasteiger partial charge in [-0.15, -0.1) is 0 Å². The second-order valence-corrected chi connectivity index (χ2v) is 4.28. The van der Waals surface area contributed by atoms with Gasteiger partial charge in [0.15, 0.2) is 0 Å². The van der Waals surface area contributed by atoms with Gasteiger partial charge in [-0.3, -0.25) is 15.1 Å². The van der Waals surface area contributed by atoms with Gasteiger partial charge in [0, 0.05) is 12.3 Å². The SMILES string of the molecule is Cc1cccc(COc2ccnc(C)c2[N+](=O)[O-])c1. The molecule has 2 aromatic rings. The lowest BCUT2D eigenvalue weighted by Gasteiger charge is -2.08. The zero-order valence-electron chi connectivity index (χ0n) is 10.8. The molecule has 0 amide bonds. The molecule has 0 N–H and O–H groups in total. The van der Waals surface area contributed by atoms with E-state index in [1.54, 1.807) is 6.92 Å². The molecule has 1 aromatic heterocycles. The number of aryl methyl sites for hydroxylation is 2. The summed E-state index contributed by atoms with van der Waals surface area (Å²) < 4.78 is 5.54. The van der Waals surface area contributed by atoms with Crippen LogP contribution < -0.4 is 4.74 Å². The summed E-state index contributed by atoms with van der Waals surface area (Å²) in [6, 6.07) is 9.34. The van der Waals surface area contributed by atoms with Crippen LogP contribution >= 0.6 is 0 Å². The third-order valence-corrected chi connectivity index (χ3v) is 2.73. The summed E-state index contributed by atoms with van der Waals surface area (Å²) in [6.45, 7) is 3.88. The van der Waals surface area contributed by atoms with E-state index in [2.05, 4.69) is 4.98 Å². The highest BCUT2D eigenvalue weighted by atomic mass is 16.6. The minimum absolute atomic E-state index is 0.0739. The molecule has 5 nitrogen and oxygen atoms in total. The zero-order chi connectivity index (χ0) is 13.8. The van der Waals surface area contributed by atoms with Crippen molar-refractivity contribution in [2.45, 2.75) is 20.5 Å². The Bertz CT molecular complexity index is 611. The van der Waals surface area contributed by atoms with Crippen LogP contribution in [0.2, 0.25) is 0 Å². The largest absolute Gasteiger partial charge is 0.482 e. The normalized spacial score (nSPS) is 10.2. The van der Waals surface area contributed by atoms with Crippen molar-refractivity contribution in [2.75, 3.05) is 0 Å². The highest BCUT2D eigenvalue weighted by Crippen LogP contribution is 2.29. The summed E-state index contributed by atoms with van der Waals surface area (Å²) in [6.07, 6.45) is 1.51. The second-order valence-electron chi connectivity index (χ2n) is 4.28. The maximum absolute atomic E-state index is 11.0. The van der Waals surface area contributed by atoms with Crippen LogP contribution in [-0.2, 0) is 6.61 Å². The Hall–Kier alpha value is -2.43. The molecular formula is C14H14N2O3. The molecule has 19 heavy (non-hydrogen) atoms. The Morgan fingerprint density at radius 3 is 2.79 bits per heavy atom. The van der Waals surface area contributed by atoms with Crippen molar-refractivity contribution in [1.29, 1.82) is 0 Å². The Balaban J connectivity index is 2.20. The van der Waals surface area contributed by atoms with Gasteiger partial charge in [-0.2, -0.15) is 0 Å². The zero-order valence-corrected chi connectivity index (χ0v) is 10.8. The number of nitro groups is 1. The van der Waals surface area contributed by atoms with Crippen LogP contribution in [0.1, 0.15) is 16.8 Å². The van der Waals surface area contributed by atoms with Gasteiger partial charge in [0.1, 0.15) is 12.3 Å². The molecule has 0 radical (unpaired) electrons. The topological polar surface area (TPSA) is 65.3 Å². The van der Waals surface area contributed by atoms with Crippen LogP contribution in [0.25, 0.3) is 0 Å². The van der Waals surface area contributed by atoms with Gasteiger partial charge in [0.2, 0.25) is 5.75 Å². The van der Waals surface area contributed by atoms with Gasteiger partial charge >= 0.3 is 5.69 Å². The van der Waals surface area contributed by atoms with E-state index < -0.39 is 4.92 Å². The number of nitrogens with zero attached hydrogens (tertiary/aromatic N) is 2. The van der Waals surface area contributed by atoms with Gasteiger partial charge < -0.3 is 4.74 Å². The smallest absolute Gasteiger partial charge is 0.331 e. The molecule has 98 valence electrons. The maximum Gasteiger partial charge on any atom is 0.331 e. The molecule has 0 fully saturated rings. The van der Waals surface area contributed by atoms with E-state index in [0.717, 1.165) is 11.1 Å². The van der Waals surface area contributed by atoms with Crippen molar-refractivity contribution >= 4 is 5.69 Å². The van der Waals surface area contributed by atoms with Crippen molar-refractivity contribution in [1.82, 2.24) is 4.98 Å². The Morgan fingerprint density at radius 1 is 1.32 bits per heavy atom. The molecule has 5 heteroatoms. The van der Waals surface area contributed by atoms with Crippen molar-refractivity contribution in [3.8, 4) is 5.75 Å². The first-order chi connectivity index (χ1) is 9.08. The Kier molecular flexibility index (Phi) is 3.75. The summed E-state index contributed by atoms with van der Waals surface area (Å²) in [5.41, 5.74) is 2.38. The number of aromatic nitrogens is 1. The highest BCUT2D eigenvalue weighted by Gasteiger charge is 2.19. The fourth-order valence-corrected chi connectivity index (χ4v) is 1.84. The van der Waals surface area contributed by atoms with Crippen LogP contribution in [0.5, 0.6) is 5.75 Å².